The van der Waals surface area contributed by atoms with Crippen molar-refractivity contribution in [2.24, 2.45) is 0 Å². The molecule has 2 rings (SSSR count). The van der Waals surface area contributed by atoms with Gasteiger partial charge in [0.1, 0.15) is 0 Å². The highest BCUT2D eigenvalue weighted by Gasteiger charge is 2.23. The number of rotatable bonds is 4. The lowest BCUT2D eigenvalue weighted by molar-refractivity contribution is 0.0838. The molecule has 1 aliphatic rings. The molecule has 0 spiro atoms. The molecule has 1 aromatic rings. The number of nitrogens with zero attached hydrogens (tertiary/aromatic N) is 1. The molecule has 0 saturated carbocycles. The quantitative estimate of drug-likeness (QED) is 0.772. The van der Waals surface area contributed by atoms with Crippen LogP contribution in [-0.2, 0) is 0 Å². The Bertz CT molecular complexity index is 419. The molecule has 0 unspecified atom stereocenters. The predicted molar refractivity (Wildman–Crippen MR) is 75.3 cm³/mol. The SMILES string of the molecule is CC[C@H]1CCCCN1CC(=O)c1ccccc1Cl. The predicted octanol–water partition coefficient (Wildman–Crippen LogP) is 3.79. The standard InChI is InChI=1S/C15H20ClNO/c1-2-12-7-5-6-10-17(12)11-15(18)13-8-3-4-9-14(13)16/h3-4,8-9,12H,2,5-7,10-11H2,1H3/t12-/m0/s1. The van der Waals surface area contributed by atoms with Crippen LogP contribution in [0.4, 0.5) is 0 Å². The van der Waals surface area contributed by atoms with E-state index in [1.54, 1.807) is 6.07 Å². The number of Topliss-reactive ketones (excluding diaryl/α,β-unsaturated/α-hetero) is 1. The third kappa shape index (κ3) is 3.12. The molecule has 1 fully saturated rings. The van der Waals surface area contributed by atoms with Gasteiger partial charge in [-0.1, -0.05) is 37.1 Å². The van der Waals surface area contributed by atoms with E-state index >= 15 is 0 Å². The minimum absolute atomic E-state index is 0.140. The summed E-state index contributed by atoms with van der Waals surface area (Å²) in [6.45, 7) is 3.74. The lowest BCUT2D eigenvalue weighted by atomic mass is 9.99. The maximum atomic E-state index is 12.3. The molecule has 1 atom stereocenters. The minimum Gasteiger partial charge on any atom is -0.293 e. The van der Waals surface area contributed by atoms with Crippen molar-refractivity contribution >= 4 is 17.4 Å². The first-order valence-electron chi connectivity index (χ1n) is 6.74. The number of piperidine rings is 1. The number of carbonyl (C=O) groups is 1. The van der Waals surface area contributed by atoms with E-state index in [4.69, 9.17) is 11.6 Å². The number of hydrogen-bond acceptors (Lipinski definition) is 2. The van der Waals surface area contributed by atoms with Crippen molar-refractivity contribution in [1.29, 1.82) is 0 Å². The van der Waals surface area contributed by atoms with Gasteiger partial charge in [-0.3, -0.25) is 9.69 Å². The lowest BCUT2D eigenvalue weighted by Gasteiger charge is -2.34. The number of ketones is 1. The zero-order chi connectivity index (χ0) is 13.0. The van der Waals surface area contributed by atoms with Crippen LogP contribution in [-0.4, -0.2) is 29.8 Å². The lowest BCUT2D eigenvalue weighted by Crippen LogP contribution is -2.42. The summed E-state index contributed by atoms with van der Waals surface area (Å²) in [5.41, 5.74) is 0.652. The summed E-state index contributed by atoms with van der Waals surface area (Å²) in [5.74, 6) is 0.140. The molecule has 0 aromatic heterocycles. The second-order valence-electron chi connectivity index (χ2n) is 4.93. The average molecular weight is 266 g/mol. The van der Waals surface area contributed by atoms with Gasteiger partial charge in [0, 0.05) is 11.6 Å². The minimum atomic E-state index is 0.140. The van der Waals surface area contributed by atoms with Crippen LogP contribution in [0.3, 0.4) is 0 Å². The van der Waals surface area contributed by atoms with Crippen LogP contribution >= 0.6 is 11.6 Å². The molecule has 0 radical (unpaired) electrons. The van der Waals surface area contributed by atoms with Gasteiger partial charge in [-0.15, -0.1) is 0 Å². The zero-order valence-electron chi connectivity index (χ0n) is 10.9. The smallest absolute Gasteiger partial charge is 0.178 e. The normalized spacial score (nSPS) is 20.9. The molecule has 1 heterocycles. The van der Waals surface area contributed by atoms with Crippen LogP contribution in [0, 0.1) is 0 Å². The fourth-order valence-corrected chi connectivity index (χ4v) is 2.93. The highest BCUT2D eigenvalue weighted by Crippen LogP contribution is 2.21. The average Bonchev–Trinajstić information content (AvgIpc) is 2.39. The maximum absolute atomic E-state index is 12.3. The van der Waals surface area contributed by atoms with Crippen molar-refractivity contribution in [2.45, 2.75) is 38.6 Å². The highest BCUT2D eigenvalue weighted by molar-refractivity contribution is 6.34. The number of carbonyl (C=O) groups excluding carboxylic acids is 1. The fraction of sp³-hybridized carbons (Fsp3) is 0.533. The first-order valence-corrected chi connectivity index (χ1v) is 7.12. The maximum Gasteiger partial charge on any atom is 0.178 e. The molecule has 3 heteroatoms. The second-order valence-corrected chi connectivity index (χ2v) is 5.34. The Morgan fingerprint density at radius 3 is 2.89 bits per heavy atom. The van der Waals surface area contributed by atoms with E-state index in [-0.39, 0.29) is 5.78 Å². The summed E-state index contributed by atoms with van der Waals surface area (Å²) in [7, 11) is 0. The van der Waals surface area contributed by atoms with Crippen LogP contribution in [0.2, 0.25) is 5.02 Å². The largest absolute Gasteiger partial charge is 0.293 e. The Balaban J connectivity index is 2.04. The van der Waals surface area contributed by atoms with Crippen molar-refractivity contribution in [2.75, 3.05) is 13.1 Å². The second kappa shape index (κ2) is 6.35. The Morgan fingerprint density at radius 2 is 2.17 bits per heavy atom. The van der Waals surface area contributed by atoms with Crippen LogP contribution in [0.15, 0.2) is 24.3 Å². The van der Waals surface area contributed by atoms with Gasteiger partial charge in [-0.25, -0.2) is 0 Å². The summed E-state index contributed by atoms with van der Waals surface area (Å²) in [4.78, 5) is 14.6. The zero-order valence-corrected chi connectivity index (χ0v) is 11.6. The van der Waals surface area contributed by atoms with Gasteiger partial charge in [-0.2, -0.15) is 0 Å². The van der Waals surface area contributed by atoms with E-state index in [1.807, 2.05) is 18.2 Å². The molecule has 1 saturated heterocycles. The van der Waals surface area contributed by atoms with Crippen LogP contribution in [0.1, 0.15) is 43.0 Å². The summed E-state index contributed by atoms with van der Waals surface area (Å²) in [5, 5.41) is 0.563. The van der Waals surface area contributed by atoms with Crippen molar-refractivity contribution in [3.63, 3.8) is 0 Å². The number of hydrogen-bond donors (Lipinski definition) is 0. The molecule has 0 bridgehead atoms. The van der Waals surface area contributed by atoms with Crippen molar-refractivity contribution in [3.8, 4) is 0 Å². The van der Waals surface area contributed by atoms with Gasteiger partial charge in [0.05, 0.1) is 11.6 Å². The van der Waals surface area contributed by atoms with Gasteiger partial charge in [0.15, 0.2) is 5.78 Å². The molecule has 0 aliphatic carbocycles. The van der Waals surface area contributed by atoms with E-state index < -0.39 is 0 Å². The Hall–Kier alpha value is -0.860. The first-order chi connectivity index (χ1) is 8.72. The summed E-state index contributed by atoms with van der Waals surface area (Å²) in [6, 6.07) is 7.88. The number of benzene rings is 1. The molecule has 1 aromatic carbocycles. The van der Waals surface area contributed by atoms with Gasteiger partial charge in [0.25, 0.3) is 0 Å². The molecule has 98 valence electrons. The first kappa shape index (κ1) is 13.6. The van der Waals surface area contributed by atoms with Crippen LogP contribution in [0.5, 0.6) is 0 Å². The summed E-state index contributed by atoms with van der Waals surface area (Å²) in [6.07, 6.45) is 4.82. The Labute approximate surface area is 114 Å². The molecule has 0 N–H and O–H groups in total. The van der Waals surface area contributed by atoms with E-state index in [2.05, 4.69) is 11.8 Å². The van der Waals surface area contributed by atoms with Crippen LogP contribution in [0.25, 0.3) is 0 Å². The molecule has 2 nitrogen and oxygen atoms in total. The van der Waals surface area contributed by atoms with E-state index in [0.717, 1.165) is 13.0 Å². The highest BCUT2D eigenvalue weighted by atomic mass is 35.5. The monoisotopic (exact) mass is 265 g/mol. The van der Waals surface area contributed by atoms with E-state index in [9.17, 15) is 4.79 Å². The van der Waals surface area contributed by atoms with Crippen LogP contribution < -0.4 is 0 Å². The van der Waals surface area contributed by atoms with Gasteiger partial charge in [-0.05, 0) is 37.9 Å². The van der Waals surface area contributed by atoms with Crippen molar-refractivity contribution < 1.29 is 4.79 Å². The number of halogens is 1. The fourth-order valence-electron chi connectivity index (χ4n) is 2.69. The van der Waals surface area contributed by atoms with Gasteiger partial charge >= 0.3 is 0 Å². The molecule has 0 amide bonds. The van der Waals surface area contributed by atoms with E-state index in [0.29, 0.717) is 23.2 Å². The third-order valence-corrected chi connectivity index (χ3v) is 4.07. The van der Waals surface area contributed by atoms with Gasteiger partial charge in [0.2, 0.25) is 0 Å². The molecule has 1 aliphatic heterocycles. The van der Waals surface area contributed by atoms with Crippen molar-refractivity contribution in [1.82, 2.24) is 4.90 Å². The molecular weight excluding hydrogens is 246 g/mol. The third-order valence-electron chi connectivity index (χ3n) is 3.74. The number of likely N-dealkylation sites (tertiary alicyclic amines) is 1. The molecule has 18 heavy (non-hydrogen) atoms. The Morgan fingerprint density at radius 1 is 1.39 bits per heavy atom. The summed E-state index contributed by atoms with van der Waals surface area (Å²) >= 11 is 6.07. The van der Waals surface area contributed by atoms with Gasteiger partial charge < -0.3 is 0 Å². The summed E-state index contributed by atoms with van der Waals surface area (Å²) < 4.78 is 0. The van der Waals surface area contributed by atoms with E-state index in [1.165, 1.54) is 19.3 Å². The van der Waals surface area contributed by atoms with Crippen molar-refractivity contribution in [3.05, 3.63) is 34.9 Å². The molecular formula is C15H20ClNO. The topological polar surface area (TPSA) is 20.3 Å². The Kier molecular flexibility index (Phi) is 4.79.